The Morgan fingerprint density at radius 3 is 2.50 bits per heavy atom. The van der Waals surface area contributed by atoms with Crippen LogP contribution in [0.2, 0.25) is 5.02 Å². The highest BCUT2D eigenvalue weighted by Crippen LogP contribution is 2.47. The van der Waals surface area contributed by atoms with E-state index in [2.05, 4.69) is 0 Å². The Bertz CT molecular complexity index is 520. The normalized spacial score (nSPS) is 24.1. The number of nitrogens with zero attached hydrogens (tertiary/aromatic N) is 1. The molecule has 0 radical (unpaired) electrons. The number of nitrogen functional groups attached to an aromatic ring is 1. The highest BCUT2D eigenvalue weighted by atomic mass is 35.5. The van der Waals surface area contributed by atoms with Crippen LogP contribution < -0.4 is 10.6 Å². The Morgan fingerprint density at radius 1 is 1.44 bits per heavy atom. The first kappa shape index (κ1) is 13.0. The van der Waals surface area contributed by atoms with Gasteiger partial charge in [-0.05, 0) is 18.2 Å². The maximum absolute atomic E-state index is 12.7. The second-order valence-corrected chi connectivity index (χ2v) is 4.36. The van der Waals surface area contributed by atoms with Crippen LogP contribution in [0.25, 0.3) is 0 Å². The molecule has 0 bridgehead atoms. The minimum absolute atomic E-state index is 0.113. The molecule has 4 nitrogen and oxygen atoms in total. The number of halogens is 4. The monoisotopic (exact) mass is 280 g/mol. The van der Waals surface area contributed by atoms with E-state index in [9.17, 15) is 23.1 Å². The fourth-order valence-electron chi connectivity index (χ4n) is 1.77. The molecule has 8 heteroatoms. The predicted octanol–water partition coefficient (Wildman–Crippen LogP) is 1.91. The van der Waals surface area contributed by atoms with E-state index < -0.39 is 24.2 Å². The van der Waals surface area contributed by atoms with Gasteiger partial charge >= 0.3 is 6.18 Å². The van der Waals surface area contributed by atoms with Gasteiger partial charge in [0.15, 0.2) is 0 Å². The van der Waals surface area contributed by atoms with Gasteiger partial charge in [-0.2, -0.15) is 13.2 Å². The largest absolute Gasteiger partial charge is 0.437 e. The quantitative estimate of drug-likeness (QED) is 0.610. The molecule has 1 aliphatic heterocycles. The van der Waals surface area contributed by atoms with Gasteiger partial charge in [-0.3, -0.25) is 9.69 Å². The molecule has 1 aliphatic rings. The molecule has 1 atom stereocenters. The number of nitrogens with two attached hydrogens (primary N) is 1. The molecule has 0 aliphatic carbocycles. The smallest absolute Gasteiger partial charge is 0.397 e. The van der Waals surface area contributed by atoms with E-state index in [1.54, 1.807) is 0 Å². The average molecular weight is 281 g/mol. The summed E-state index contributed by atoms with van der Waals surface area (Å²) in [5, 5.41) is 9.74. The second kappa shape index (κ2) is 3.76. The number of amides is 1. The Balaban J connectivity index is 2.46. The summed E-state index contributed by atoms with van der Waals surface area (Å²) in [7, 11) is 0. The summed E-state index contributed by atoms with van der Waals surface area (Å²) in [6, 6.07) is 3.65. The van der Waals surface area contributed by atoms with Crippen molar-refractivity contribution in [2.24, 2.45) is 0 Å². The van der Waals surface area contributed by atoms with E-state index in [0.29, 0.717) is 0 Å². The lowest BCUT2D eigenvalue weighted by atomic mass is 9.94. The molecule has 1 unspecified atom stereocenters. The molecule has 3 N–H and O–H groups in total. The van der Waals surface area contributed by atoms with E-state index in [1.807, 2.05) is 0 Å². The van der Waals surface area contributed by atoms with Gasteiger partial charge in [-0.15, -0.1) is 0 Å². The topological polar surface area (TPSA) is 66.6 Å². The zero-order chi connectivity index (χ0) is 13.7. The second-order valence-electron chi connectivity index (χ2n) is 3.92. The summed E-state index contributed by atoms with van der Waals surface area (Å²) in [5.41, 5.74) is 1.97. The minimum Gasteiger partial charge on any atom is -0.397 e. The van der Waals surface area contributed by atoms with E-state index in [1.165, 1.54) is 12.1 Å². The molecule has 1 aromatic rings. The highest BCUT2D eigenvalue weighted by Gasteiger charge is 2.67. The maximum Gasteiger partial charge on any atom is 0.437 e. The van der Waals surface area contributed by atoms with E-state index in [4.69, 9.17) is 17.3 Å². The molecule has 1 aromatic carbocycles. The van der Waals surface area contributed by atoms with Crippen molar-refractivity contribution in [1.29, 1.82) is 0 Å². The lowest BCUT2D eigenvalue weighted by Crippen LogP contribution is -2.71. The number of carbonyl (C=O) groups excluding carboxylic acids is 1. The van der Waals surface area contributed by atoms with Gasteiger partial charge in [0.25, 0.3) is 5.72 Å². The molecule has 1 heterocycles. The van der Waals surface area contributed by atoms with Crippen LogP contribution in [0.5, 0.6) is 0 Å². The van der Waals surface area contributed by atoms with Crippen LogP contribution in [-0.4, -0.2) is 22.9 Å². The Hall–Kier alpha value is -1.47. The number of anilines is 2. The van der Waals surface area contributed by atoms with Crippen LogP contribution in [0.4, 0.5) is 24.5 Å². The molecule has 0 saturated carbocycles. The van der Waals surface area contributed by atoms with Crippen LogP contribution in [0, 0.1) is 0 Å². The van der Waals surface area contributed by atoms with E-state index in [0.717, 1.165) is 6.07 Å². The molecule has 18 heavy (non-hydrogen) atoms. The molecular formula is C10H8ClF3N2O2. The van der Waals surface area contributed by atoms with Crippen molar-refractivity contribution in [2.75, 3.05) is 10.6 Å². The van der Waals surface area contributed by atoms with E-state index >= 15 is 0 Å². The molecule has 1 saturated heterocycles. The van der Waals surface area contributed by atoms with Crippen LogP contribution in [-0.2, 0) is 4.79 Å². The SMILES string of the molecule is Nc1cc(Cl)ccc1N1C(=O)CC1(O)C(F)(F)F. The van der Waals surface area contributed by atoms with Crippen molar-refractivity contribution < 1.29 is 23.1 Å². The summed E-state index contributed by atoms with van der Waals surface area (Å²) in [5.74, 6) is -0.858. The first-order valence-corrected chi connectivity index (χ1v) is 5.22. The van der Waals surface area contributed by atoms with Crippen LogP contribution in [0.3, 0.4) is 0 Å². The maximum atomic E-state index is 12.7. The van der Waals surface area contributed by atoms with Crippen molar-refractivity contribution in [3.8, 4) is 0 Å². The van der Waals surface area contributed by atoms with Gasteiger partial charge in [0.1, 0.15) is 0 Å². The van der Waals surface area contributed by atoms with Gasteiger partial charge in [0.2, 0.25) is 5.91 Å². The number of benzene rings is 1. The predicted molar refractivity (Wildman–Crippen MR) is 59.0 cm³/mol. The third-order valence-electron chi connectivity index (χ3n) is 2.70. The van der Waals surface area contributed by atoms with Crippen molar-refractivity contribution in [3.63, 3.8) is 0 Å². The lowest BCUT2D eigenvalue weighted by Gasteiger charge is -2.48. The average Bonchev–Trinajstić information content (AvgIpc) is 2.20. The van der Waals surface area contributed by atoms with Gasteiger partial charge in [0.05, 0.1) is 17.8 Å². The molecule has 0 aromatic heterocycles. The third kappa shape index (κ3) is 1.70. The summed E-state index contributed by atoms with van der Waals surface area (Å²) in [4.78, 5) is 11.5. The first-order valence-electron chi connectivity index (χ1n) is 4.84. The zero-order valence-corrected chi connectivity index (χ0v) is 9.59. The third-order valence-corrected chi connectivity index (χ3v) is 2.94. The van der Waals surface area contributed by atoms with Gasteiger partial charge in [-0.25, -0.2) is 0 Å². The summed E-state index contributed by atoms with van der Waals surface area (Å²) in [6.45, 7) is 0. The lowest BCUT2D eigenvalue weighted by molar-refractivity contribution is -0.273. The van der Waals surface area contributed by atoms with Crippen LogP contribution >= 0.6 is 11.6 Å². The Kier molecular flexibility index (Phi) is 2.71. The van der Waals surface area contributed by atoms with Gasteiger partial charge in [0, 0.05) is 5.02 Å². The zero-order valence-electron chi connectivity index (χ0n) is 8.83. The van der Waals surface area contributed by atoms with Crippen molar-refractivity contribution in [3.05, 3.63) is 23.2 Å². The van der Waals surface area contributed by atoms with Gasteiger partial charge < -0.3 is 10.8 Å². The highest BCUT2D eigenvalue weighted by molar-refractivity contribution is 6.31. The first-order chi connectivity index (χ1) is 8.17. The number of hydrogen-bond acceptors (Lipinski definition) is 3. The Morgan fingerprint density at radius 2 is 2.06 bits per heavy atom. The summed E-state index contributed by atoms with van der Waals surface area (Å²) >= 11 is 5.61. The Labute approximate surface area is 105 Å². The number of aliphatic hydroxyl groups is 1. The minimum atomic E-state index is -4.95. The number of carbonyl (C=O) groups is 1. The number of rotatable bonds is 1. The molecule has 2 rings (SSSR count). The van der Waals surface area contributed by atoms with Gasteiger partial charge in [-0.1, -0.05) is 11.6 Å². The molecule has 98 valence electrons. The van der Waals surface area contributed by atoms with Crippen molar-refractivity contribution in [1.82, 2.24) is 0 Å². The molecular weight excluding hydrogens is 273 g/mol. The summed E-state index contributed by atoms with van der Waals surface area (Å²) < 4.78 is 38.1. The molecule has 1 fully saturated rings. The molecule has 0 spiro atoms. The van der Waals surface area contributed by atoms with Crippen LogP contribution in [0.1, 0.15) is 6.42 Å². The standard InChI is InChI=1S/C10H8ClF3N2O2/c11-5-1-2-7(6(15)3-5)16-8(17)4-9(16,18)10(12,13)14/h1-3,18H,4,15H2. The van der Waals surface area contributed by atoms with Crippen molar-refractivity contribution >= 4 is 28.9 Å². The summed E-state index contributed by atoms with van der Waals surface area (Å²) in [6.07, 6.45) is -5.97. The van der Waals surface area contributed by atoms with Crippen molar-refractivity contribution in [2.45, 2.75) is 18.3 Å². The van der Waals surface area contributed by atoms with E-state index in [-0.39, 0.29) is 21.3 Å². The molecule has 1 amide bonds. The number of alkyl halides is 3. The number of hydrogen-bond donors (Lipinski definition) is 2. The number of β-lactam (4-membered cyclic amide) rings is 1. The van der Waals surface area contributed by atoms with Crippen LogP contribution in [0.15, 0.2) is 18.2 Å². The fraction of sp³-hybridized carbons (Fsp3) is 0.300. The fourth-order valence-corrected chi connectivity index (χ4v) is 1.95.